The summed E-state index contributed by atoms with van der Waals surface area (Å²) in [6, 6.07) is 6.63. The molecule has 3 aromatic rings. The summed E-state index contributed by atoms with van der Waals surface area (Å²) >= 11 is 6.71. The van der Waals surface area contributed by atoms with Gasteiger partial charge in [-0.2, -0.15) is 5.10 Å². The Morgan fingerprint density at radius 3 is 2.58 bits per heavy atom. The molecule has 0 radical (unpaired) electrons. The number of pyridine rings is 1. The van der Waals surface area contributed by atoms with Crippen LogP contribution in [0.15, 0.2) is 36.8 Å². The van der Waals surface area contributed by atoms with Gasteiger partial charge in [0.2, 0.25) is 5.91 Å². The molecule has 36 heavy (non-hydrogen) atoms. The topological polar surface area (TPSA) is 63.1 Å². The number of nitrogens with one attached hydrogen (secondary N) is 1. The van der Waals surface area contributed by atoms with Gasteiger partial charge in [0.25, 0.3) is 0 Å². The first-order valence-corrected chi connectivity index (χ1v) is 13.6. The zero-order chi connectivity index (χ0) is 25.0. The second-order valence-corrected chi connectivity index (χ2v) is 11.3. The van der Waals surface area contributed by atoms with Crippen molar-refractivity contribution in [2.75, 3.05) is 18.4 Å². The van der Waals surface area contributed by atoms with Crippen LogP contribution in [0.25, 0.3) is 10.8 Å². The number of alkyl halides is 1. The zero-order valence-corrected chi connectivity index (χ0v) is 21.6. The van der Waals surface area contributed by atoms with Gasteiger partial charge < -0.3 is 5.32 Å². The van der Waals surface area contributed by atoms with Gasteiger partial charge in [0.15, 0.2) is 0 Å². The minimum atomic E-state index is -0.644. The Morgan fingerprint density at radius 2 is 1.92 bits per heavy atom. The van der Waals surface area contributed by atoms with Gasteiger partial charge in [-0.25, -0.2) is 9.37 Å². The molecule has 0 unspecified atom stereocenters. The van der Waals surface area contributed by atoms with E-state index >= 15 is 0 Å². The number of halogens is 2. The number of anilines is 1. The quantitative estimate of drug-likeness (QED) is 0.464. The number of aromatic nitrogens is 3. The smallest absolute Gasteiger partial charge is 0.229 e. The summed E-state index contributed by atoms with van der Waals surface area (Å²) in [7, 11) is 1.90. The lowest BCUT2D eigenvalue weighted by atomic mass is 9.80. The van der Waals surface area contributed by atoms with Crippen molar-refractivity contribution in [1.29, 1.82) is 0 Å². The summed E-state index contributed by atoms with van der Waals surface area (Å²) in [5, 5.41) is 10.1. The SMILES string of the molecule is CC[C@@H]1[C@H](C(=O)Nc2cc3cc(C4CCC(N5CC(F)C5)CC4)c(Cl)cc3cn2)[C@H]1c1cnn(C)c1. The number of fused-ring (bicyclic) bond motifs is 1. The molecule has 8 heteroatoms. The van der Waals surface area contributed by atoms with Crippen molar-refractivity contribution in [3.05, 3.63) is 52.9 Å². The summed E-state index contributed by atoms with van der Waals surface area (Å²) in [5.41, 5.74) is 2.30. The molecule has 3 atom stereocenters. The average Bonchev–Trinajstić information content (AvgIpc) is 3.44. The van der Waals surface area contributed by atoms with Gasteiger partial charge in [-0.15, -0.1) is 0 Å². The number of hydrogen-bond acceptors (Lipinski definition) is 4. The molecule has 1 N–H and O–H groups in total. The first kappa shape index (κ1) is 23.9. The van der Waals surface area contributed by atoms with Crippen molar-refractivity contribution >= 4 is 34.1 Å². The molecule has 3 fully saturated rings. The number of hydrogen-bond donors (Lipinski definition) is 1. The zero-order valence-electron chi connectivity index (χ0n) is 20.8. The normalized spacial score (nSPS) is 28.7. The molecule has 1 saturated heterocycles. The molecule has 3 aliphatic rings. The van der Waals surface area contributed by atoms with E-state index in [0.717, 1.165) is 53.5 Å². The molecule has 1 aromatic carbocycles. The van der Waals surface area contributed by atoms with E-state index in [1.165, 1.54) is 5.56 Å². The van der Waals surface area contributed by atoms with Crippen LogP contribution in [0.3, 0.4) is 0 Å². The molecule has 0 spiro atoms. The summed E-state index contributed by atoms with van der Waals surface area (Å²) < 4.78 is 15.1. The first-order valence-electron chi connectivity index (χ1n) is 13.2. The number of carbonyl (C=O) groups excluding carboxylic acids is 1. The highest BCUT2D eigenvalue weighted by Gasteiger charge is 2.54. The fourth-order valence-corrected chi connectivity index (χ4v) is 6.91. The minimum Gasteiger partial charge on any atom is -0.310 e. The Labute approximate surface area is 216 Å². The maximum Gasteiger partial charge on any atom is 0.229 e. The molecule has 1 aliphatic heterocycles. The predicted molar refractivity (Wildman–Crippen MR) is 140 cm³/mol. The molecule has 2 saturated carbocycles. The summed E-state index contributed by atoms with van der Waals surface area (Å²) in [5.74, 6) is 1.51. The minimum absolute atomic E-state index is 0.0246. The van der Waals surface area contributed by atoms with Crippen LogP contribution in [0, 0.1) is 11.8 Å². The van der Waals surface area contributed by atoms with Crippen LogP contribution in [0.1, 0.15) is 62.0 Å². The van der Waals surface area contributed by atoms with Crippen molar-refractivity contribution in [3.8, 4) is 0 Å². The first-order chi connectivity index (χ1) is 17.4. The van der Waals surface area contributed by atoms with Crippen LogP contribution in [0.2, 0.25) is 5.02 Å². The highest BCUT2D eigenvalue weighted by Crippen LogP contribution is 2.56. The Kier molecular flexibility index (Phi) is 6.24. The van der Waals surface area contributed by atoms with E-state index in [4.69, 9.17) is 11.6 Å². The molecule has 2 aromatic heterocycles. The Bertz CT molecular complexity index is 1280. The molecule has 6 rings (SSSR count). The van der Waals surface area contributed by atoms with E-state index in [2.05, 4.69) is 33.3 Å². The van der Waals surface area contributed by atoms with Gasteiger partial charge in [0, 0.05) is 60.8 Å². The third-order valence-electron chi connectivity index (χ3n) is 8.66. The van der Waals surface area contributed by atoms with Crippen molar-refractivity contribution in [1.82, 2.24) is 19.7 Å². The lowest BCUT2D eigenvalue weighted by molar-refractivity contribution is -0.117. The number of benzene rings is 1. The van der Waals surface area contributed by atoms with Crippen LogP contribution in [-0.4, -0.2) is 50.9 Å². The third-order valence-corrected chi connectivity index (χ3v) is 8.99. The molecular formula is C28H33ClFN5O. The molecule has 6 nitrogen and oxygen atoms in total. The van der Waals surface area contributed by atoms with Gasteiger partial charge >= 0.3 is 0 Å². The standard InChI is InChI=1S/C28H33ClFN5O/c1-3-22-26(19-12-32-34(2)13-19)27(22)28(36)33-25-10-17-8-23(24(29)9-18(17)11-31-25)16-4-6-21(7-5-16)35-14-20(30)15-35/h8-13,16,20-22,26-27H,3-7,14-15H2,1-2H3,(H,31,33,36)/t16?,21?,22-,26-,27-/m0/s1. The maximum atomic E-state index is 13.3. The number of aryl methyl sites for hydroxylation is 1. The van der Waals surface area contributed by atoms with E-state index < -0.39 is 6.17 Å². The highest BCUT2D eigenvalue weighted by molar-refractivity contribution is 6.32. The third kappa shape index (κ3) is 4.41. The fourth-order valence-electron chi connectivity index (χ4n) is 6.59. The van der Waals surface area contributed by atoms with E-state index in [1.54, 1.807) is 10.9 Å². The van der Waals surface area contributed by atoms with Gasteiger partial charge in [0.1, 0.15) is 12.0 Å². The van der Waals surface area contributed by atoms with Gasteiger partial charge in [0.05, 0.1) is 6.20 Å². The van der Waals surface area contributed by atoms with Crippen molar-refractivity contribution < 1.29 is 9.18 Å². The van der Waals surface area contributed by atoms with E-state index in [9.17, 15) is 9.18 Å². The van der Waals surface area contributed by atoms with Crippen LogP contribution >= 0.6 is 11.6 Å². The lowest BCUT2D eigenvalue weighted by Gasteiger charge is -2.43. The van der Waals surface area contributed by atoms with Crippen LogP contribution in [-0.2, 0) is 11.8 Å². The summed E-state index contributed by atoms with van der Waals surface area (Å²) in [4.78, 5) is 19.9. The molecule has 190 valence electrons. The number of carbonyl (C=O) groups is 1. The molecule has 0 bridgehead atoms. The largest absolute Gasteiger partial charge is 0.310 e. The Balaban J connectivity index is 1.16. The Morgan fingerprint density at radius 1 is 1.14 bits per heavy atom. The van der Waals surface area contributed by atoms with Crippen molar-refractivity contribution in [3.63, 3.8) is 0 Å². The monoisotopic (exact) mass is 509 g/mol. The van der Waals surface area contributed by atoms with Gasteiger partial charge in [-0.05, 0) is 72.2 Å². The summed E-state index contributed by atoms with van der Waals surface area (Å²) in [6.45, 7) is 3.32. The number of likely N-dealkylation sites (tertiary alicyclic amines) is 1. The number of rotatable bonds is 6. The van der Waals surface area contributed by atoms with Crippen molar-refractivity contribution in [2.45, 2.75) is 63.1 Å². The van der Waals surface area contributed by atoms with Crippen LogP contribution in [0.5, 0.6) is 0 Å². The molecule has 1 amide bonds. The second kappa shape index (κ2) is 9.42. The van der Waals surface area contributed by atoms with Gasteiger partial charge in [-0.1, -0.05) is 24.9 Å². The highest BCUT2D eigenvalue weighted by atomic mass is 35.5. The molecule has 3 heterocycles. The number of amides is 1. The van der Waals surface area contributed by atoms with E-state index in [-0.39, 0.29) is 17.7 Å². The summed E-state index contributed by atoms with van der Waals surface area (Å²) in [6.07, 6.45) is 10.3. The van der Waals surface area contributed by atoms with E-state index in [0.29, 0.717) is 36.8 Å². The predicted octanol–water partition coefficient (Wildman–Crippen LogP) is 5.68. The number of nitrogens with zero attached hydrogens (tertiary/aromatic N) is 4. The molecular weight excluding hydrogens is 477 g/mol. The molecule has 2 aliphatic carbocycles. The lowest BCUT2D eigenvalue weighted by Crippen LogP contribution is -2.54. The van der Waals surface area contributed by atoms with Crippen molar-refractivity contribution in [2.24, 2.45) is 18.9 Å². The van der Waals surface area contributed by atoms with Crippen LogP contribution < -0.4 is 5.32 Å². The maximum absolute atomic E-state index is 13.3. The Hall–Kier alpha value is -2.51. The van der Waals surface area contributed by atoms with E-state index in [1.807, 2.05) is 31.6 Å². The fraction of sp³-hybridized carbons (Fsp3) is 0.536. The van der Waals surface area contributed by atoms with Crippen LogP contribution in [0.4, 0.5) is 10.2 Å². The second-order valence-electron chi connectivity index (χ2n) is 10.9. The van der Waals surface area contributed by atoms with Gasteiger partial charge in [-0.3, -0.25) is 14.4 Å². The average molecular weight is 510 g/mol.